The van der Waals surface area contributed by atoms with Crippen molar-refractivity contribution in [3.8, 4) is 5.75 Å². The Balaban J connectivity index is 1.69. The van der Waals surface area contributed by atoms with E-state index in [9.17, 15) is 13.2 Å². The number of rotatable bonds is 5. The van der Waals surface area contributed by atoms with Gasteiger partial charge in [-0.25, -0.2) is 13.1 Å². The van der Waals surface area contributed by atoms with Crippen LogP contribution in [0, 0.1) is 6.92 Å². The molecular weight excluding hydrogens is 328 g/mol. The number of anilines is 1. The van der Waals surface area contributed by atoms with Crippen molar-refractivity contribution in [3.63, 3.8) is 0 Å². The van der Waals surface area contributed by atoms with E-state index in [0.717, 1.165) is 5.56 Å². The second kappa shape index (κ2) is 6.62. The molecule has 0 fully saturated rings. The van der Waals surface area contributed by atoms with Crippen molar-refractivity contribution in [1.29, 1.82) is 0 Å². The van der Waals surface area contributed by atoms with Crippen LogP contribution >= 0.6 is 0 Å². The van der Waals surface area contributed by atoms with Crippen molar-refractivity contribution in [1.82, 2.24) is 4.72 Å². The smallest absolute Gasteiger partial charge is 0.265 e. The quantitative estimate of drug-likeness (QED) is 0.894. The SMILES string of the molecule is Cc1cccc(S(=O)(=O)NCCN2C(=O)COc3ccccc32)c1. The summed E-state index contributed by atoms with van der Waals surface area (Å²) < 4.78 is 32.5. The summed E-state index contributed by atoms with van der Waals surface area (Å²) in [6, 6.07) is 13.9. The molecule has 1 heterocycles. The van der Waals surface area contributed by atoms with Crippen molar-refractivity contribution in [2.45, 2.75) is 11.8 Å². The van der Waals surface area contributed by atoms with Gasteiger partial charge < -0.3 is 9.64 Å². The minimum absolute atomic E-state index is 0.0400. The number of sulfonamides is 1. The summed E-state index contributed by atoms with van der Waals surface area (Å²) in [7, 11) is -3.60. The molecule has 1 aliphatic rings. The molecule has 2 aromatic carbocycles. The zero-order chi connectivity index (χ0) is 17.2. The molecule has 126 valence electrons. The third-order valence-electron chi connectivity index (χ3n) is 3.74. The number of hydrogen-bond acceptors (Lipinski definition) is 4. The number of para-hydroxylation sites is 2. The van der Waals surface area contributed by atoms with Crippen LogP contribution in [0.1, 0.15) is 5.56 Å². The Morgan fingerprint density at radius 1 is 1.17 bits per heavy atom. The molecule has 6 nitrogen and oxygen atoms in total. The number of aryl methyl sites for hydroxylation is 1. The van der Waals surface area contributed by atoms with Crippen molar-refractivity contribution < 1.29 is 17.9 Å². The van der Waals surface area contributed by atoms with Gasteiger partial charge in [-0.1, -0.05) is 24.3 Å². The van der Waals surface area contributed by atoms with Gasteiger partial charge in [-0.3, -0.25) is 4.79 Å². The monoisotopic (exact) mass is 346 g/mol. The third kappa shape index (κ3) is 3.42. The van der Waals surface area contributed by atoms with Crippen molar-refractivity contribution in [2.75, 3.05) is 24.6 Å². The molecule has 0 aromatic heterocycles. The molecule has 3 rings (SSSR count). The highest BCUT2D eigenvalue weighted by Crippen LogP contribution is 2.31. The lowest BCUT2D eigenvalue weighted by atomic mass is 10.2. The maximum Gasteiger partial charge on any atom is 0.265 e. The van der Waals surface area contributed by atoms with Crippen LogP contribution in [0.2, 0.25) is 0 Å². The summed E-state index contributed by atoms with van der Waals surface area (Å²) in [5.41, 5.74) is 1.53. The van der Waals surface area contributed by atoms with Crippen LogP contribution in [-0.4, -0.2) is 34.0 Å². The molecule has 1 amide bonds. The van der Waals surface area contributed by atoms with Gasteiger partial charge in [0, 0.05) is 13.1 Å². The van der Waals surface area contributed by atoms with Crippen LogP contribution in [0.15, 0.2) is 53.4 Å². The predicted octanol–water partition coefficient (Wildman–Crippen LogP) is 1.70. The number of ether oxygens (including phenoxy) is 1. The van der Waals surface area contributed by atoms with Gasteiger partial charge >= 0.3 is 0 Å². The Kier molecular flexibility index (Phi) is 4.55. The van der Waals surface area contributed by atoms with Crippen LogP contribution in [0.4, 0.5) is 5.69 Å². The van der Waals surface area contributed by atoms with E-state index in [0.29, 0.717) is 11.4 Å². The van der Waals surface area contributed by atoms with Crippen molar-refractivity contribution in [3.05, 3.63) is 54.1 Å². The largest absolute Gasteiger partial charge is 0.482 e. The second-order valence-corrected chi connectivity index (χ2v) is 7.28. The minimum Gasteiger partial charge on any atom is -0.482 e. The highest BCUT2D eigenvalue weighted by molar-refractivity contribution is 7.89. The number of amides is 1. The Morgan fingerprint density at radius 3 is 2.75 bits per heavy atom. The first-order valence-corrected chi connectivity index (χ1v) is 9.04. The van der Waals surface area contributed by atoms with Crippen molar-refractivity contribution >= 4 is 21.6 Å². The Bertz CT molecular complexity index is 864. The summed E-state index contributed by atoms with van der Waals surface area (Å²) in [5.74, 6) is 0.432. The highest BCUT2D eigenvalue weighted by Gasteiger charge is 2.25. The summed E-state index contributed by atoms with van der Waals surface area (Å²) in [5, 5.41) is 0. The Morgan fingerprint density at radius 2 is 1.96 bits per heavy atom. The fourth-order valence-electron chi connectivity index (χ4n) is 2.56. The molecule has 0 bridgehead atoms. The van der Waals surface area contributed by atoms with Gasteiger partial charge in [0.2, 0.25) is 10.0 Å². The van der Waals surface area contributed by atoms with Crippen LogP contribution in [0.3, 0.4) is 0 Å². The summed E-state index contributed by atoms with van der Waals surface area (Å²) in [6.45, 7) is 2.16. The standard InChI is InChI=1S/C17H18N2O4S/c1-13-5-4-6-14(11-13)24(21,22)18-9-10-19-15-7-2-3-8-16(15)23-12-17(19)20/h2-8,11,18H,9-10,12H2,1H3. The van der Waals surface area contributed by atoms with Gasteiger partial charge in [-0.05, 0) is 36.8 Å². The first-order chi connectivity index (χ1) is 11.5. The molecule has 1 aliphatic heterocycles. The zero-order valence-corrected chi connectivity index (χ0v) is 14.0. The number of carbonyl (C=O) groups is 1. The van der Waals surface area contributed by atoms with E-state index < -0.39 is 10.0 Å². The van der Waals surface area contributed by atoms with Crippen LogP contribution in [0.25, 0.3) is 0 Å². The predicted molar refractivity (Wildman–Crippen MR) is 90.7 cm³/mol. The molecule has 0 saturated carbocycles. The molecule has 0 atom stereocenters. The molecule has 0 unspecified atom stereocenters. The lowest BCUT2D eigenvalue weighted by Crippen LogP contribution is -2.43. The Labute approximate surface area is 141 Å². The van der Waals surface area contributed by atoms with Gasteiger partial charge in [0.05, 0.1) is 10.6 Å². The Hall–Kier alpha value is -2.38. The third-order valence-corrected chi connectivity index (χ3v) is 5.19. The number of nitrogens with zero attached hydrogens (tertiary/aromatic N) is 1. The number of hydrogen-bond donors (Lipinski definition) is 1. The topological polar surface area (TPSA) is 75.7 Å². The minimum atomic E-state index is -3.60. The molecular formula is C17H18N2O4S. The highest BCUT2D eigenvalue weighted by atomic mass is 32.2. The van der Waals surface area contributed by atoms with Gasteiger partial charge in [0.1, 0.15) is 5.75 Å². The molecule has 0 aliphatic carbocycles. The van der Waals surface area contributed by atoms with Crippen LogP contribution in [-0.2, 0) is 14.8 Å². The summed E-state index contributed by atoms with van der Waals surface area (Å²) in [4.78, 5) is 13.8. The second-order valence-electron chi connectivity index (χ2n) is 5.52. The summed E-state index contributed by atoms with van der Waals surface area (Å²) in [6.07, 6.45) is 0. The van der Waals surface area contributed by atoms with E-state index in [4.69, 9.17) is 4.74 Å². The molecule has 2 aromatic rings. The average molecular weight is 346 g/mol. The van der Waals surface area contributed by atoms with Gasteiger partial charge in [-0.2, -0.15) is 0 Å². The molecule has 24 heavy (non-hydrogen) atoms. The average Bonchev–Trinajstić information content (AvgIpc) is 2.57. The van der Waals surface area contributed by atoms with E-state index in [1.165, 1.54) is 4.90 Å². The number of nitrogens with one attached hydrogen (secondary N) is 1. The summed E-state index contributed by atoms with van der Waals surface area (Å²) >= 11 is 0. The maximum absolute atomic E-state index is 12.3. The molecule has 0 spiro atoms. The first kappa shape index (κ1) is 16.5. The van der Waals surface area contributed by atoms with E-state index in [2.05, 4.69) is 4.72 Å². The van der Waals surface area contributed by atoms with Crippen LogP contribution in [0.5, 0.6) is 5.75 Å². The molecule has 7 heteroatoms. The van der Waals surface area contributed by atoms with E-state index in [1.54, 1.807) is 30.3 Å². The fraction of sp³-hybridized carbons (Fsp3) is 0.235. The van der Waals surface area contributed by atoms with Gasteiger partial charge in [-0.15, -0.1) is 0 Å². The first-order valence-electron chi connectivity index (χ1n) is 7.56. The normalized spacial score (nSPS) is 14.2. The van der Waals surface area contributed by atoms with E-state index in [-0.39, 0.29) is 30.5 Å². The lowest BCUT2D eigenvalue weighted by Gasteiger charge is -2.29. The lowest BCUT2D eigenvalue weighted by molar-refractivity contribution is -0.121. The zero-order valence-electron chi connectivity index (χ0n) is 13.2. The molecule has 1 N–H and O–H groups in total. The number of carbonyl (C=O) groups excluding carboxylic acids is 1. The van der Waals surface area contributed by atoms with Crippen molar-refractivity contribution in [2.24, 2.45) is 0 Å². The fourth-order valence-corrected chi connectivity index (χ4v) is 3.68. The maximum atomic E-state index is 12.3. The van der Waals surface area contributed by atoms with Gasteiger partial charge in [0.15, 0.2) is 6.61 Å². The molecule has 0 radical (unpaired) electrons. The number of benzene rings is 2. The van der Waals surface area contributed by atoms with Crippen LogP contribution < -0.4 is 14.4 Å². The van der Waals surface area contributed by atoms with E-state index in [1.807, 2.05) is 25.1 Å². The number of fused-ring (bicyclic) bond motifs is 1. The van der Waals surface area contributed by atoms with Gasteiger partial charge in [0.25, 0.3) is 5.91 Å². The van der Waals surface area contributed by atoms with E-state index >= 15 is 0 Å². The molecule has 0 saturated heterocycles.